The largest absolute Gasteiger partial charge is 0.497 e. The van der Waals surface area contributed by atoms with Crippen LogP contribution in [-0.2, 0) is 4.74 Å². The van der Waals surface area contributed by atoms with Gasteiger partial charge in [0.05, 0.1) is 40.2 Å². The van der Waals surface area contributed by atoms with Gasteiger partial charge >= 0.3 is 6.03 Å². The number of hydrogen-bond acceptors (Lipinski definition) is 6. The molecule has 1 aliphatic rings. The first-order valence-electron chi connectivity index (χ1n) is 10.6. The number of nitrogens with one attached hydrogen (secondary N) is 2. The van der Waals surface area contributed by atoms with Gasteiger partial charge in [0.15, 0.2) is 0 Å². The molecule has 0 aromatic heterocycles. The van der Waals surface area contributed by atoms with Gasteiger partial charge in [-0.3, -0.25) is 4.90 Å². The van der Waals surface area contributed by atoms with Crippen LogP contribution in [0, 0.1) is 0 Å². The lowest BCUT2D eigenvalue weighted by atomic mass is 10.1. The van der Waals surface area contributed by atoms with Crippen molar-refractivity contribution >= 4 is 23.9 Å². The molecule has 8 heteroatoms. The van der Waals surface area contributed by atoms with Crippen LogP contribution < -0.4 is 24.8 Å². The normalized spacial score (nSPS) is 14.2. The van der Waals surface area contributed by atoms with Crippen molar-refractivity contribution in [2.24, 2.45) is 0 Å². The van der Waals surface area contributed by atoms with E-state index < -0.39 is 0 Å². The Morgan fingerprint density at radius 1 is 0.969 bits per heavy atom. The number of ether oxygens (including phenoxy) is 4. The minimum Gasteiger partial charge on any atom is -0.497 e. The molecule has 3 rings (SSSR count). The fraction of sp³-hybridized carbons (Fsp3) is 0.375. The summed E-state index contributed by atoms with van der Waals surface area (Å²) in [5, 5.41) is 5.78. The Morgan fingerprint density at radius 3 is 2.31 bits per heavy atom. The fourth-order valence-corrected chi connectivity index (χ4v) is 3.36. The highest BCUT2D eigenvalue weighted by atomic mass is 16.5. The van der Waals surface area contributed by atoms with E-state index in [-0.39, 0.29) is 6.03 Å². The molecule has 0 aliphatic carbocycles. The van der Waals surface area contributed by atoms with E-state index in [0.717, 1.165) is 55.5 Å². The molecule has 1 fully saturated rings. The van der Waals surface area contributed by atoms with E-state index in [4.69, 9.17) is 18.9 Å². The molecule has 1 aliphatic heterocycles. The second-order valence-electron chi connectivity index (χ2n) is 7.27. The highest BCUT2D eigenvalue weighted by Crippen LogP contribution is 2.27. The first kappa shape index (κ1) is 23.4. The molecule has 2 N–H and O–H groups in total. The number of amides is 2. The van der Waals surface area contributed by atoms with Crippen LogP contribution in [0.1, 0.15) is 11.1 Å². The van der Waals surface area contributed by atoms with Crippen molar-refractivity contribution in [2.75, 3.05) is 66.0 Å². The summed E-state index contributed by atoms with van der Waals surface area (Å²) in [4.78, 5) is 14.7. The van der Waals surface area contributed by atoms with Crippen molar-refractivity contribution in [3.8, 4) is 17.2 Å². The number of rotatable bonds is 9. The Labute approximate surface area is 189 Å². The molecule has 172 valence electrons. The summed E-state index contributed by atoms with van der Waals surface area (Å²) in [6.07, 6.45) is 3.91. The lowest BCUT2D eigenvalue weighted by molar-refractivity contribution is 0.0388. The molecule has 0 atom stereocenters. The molecule has 0 radical (unpaired) electrons. The minimum absolute atomic E-state index is 0.268. The number of methoxy groups -OCH3 is 3. The highest BCUT2D eigenvalue weighted by molar-refractivity contribution is 5.91. The summed E-state index contributed by atoms with van der Waals surface area (Å²) in [5.41, 5.74) is 2.45. The SMILES string of the molecule is COc1cc(C=Cc2ccc(OC)c(NC(=O)NCCN3CCOCC3)c2)cc(OC)c1. The van der Waals surface area contributed by atoms with E-state index in [1.54, 1.807) is 21.3 Å². The predicted molar refractivity (Wildman–Crippen MR) is 126 cm³/mol. The molecular formula is C24H31N3O5. The van der Waals surface area contributed by atoms with Gasteiger partial charge in [0.2, 0.25) is 0 Å². The van der Waals surface area contributed by atoms with Crippen LogP contribution >= 0.6 is 0 Å². The second kappa shape index (κ2) is 12.0. The van der Waals surface area contributed by atoms with Gasteiger partial charge < -0.3 is 29.6 Å². The number of morpholine rings is 1. The lowest BCUT2D eigenvalue weighted by Crippen LogP contribution is -2.42. The molecule has 0 spiro atoms. The first-order valence-corrected chi connectivity index (χ1v) is 10.6. The van der Waals surface area contributed by atoms with Crippen molar-refractivity contribution in [3.05, 3.63) is 47.5 Å². The smallest absolute Gasteiger partial charge is 0.319 e. The Morgan fingerprint density at radius 2 is 1.66 bits per heavy atom. The average molecular weight is 442 g/mol. The maximum absolute atomic E-state index is 12.4. The summed E-state index contributed by atoms with van der Waals surface area (Å²) in [5.74, 6) is 2.03. The van der Waals surface area contributed by atoms with E-state index in [2.05, 4.69) is 15.5 Å². The topological polar surface area (TPSA) is 81.3 Å². The maximum atomic E-state index is 12.4. The van der Waals surface area contributed by atoms with E-state index in [1.165, 1.54) is 0 Å². The first-order chi connectivity index (χ1) is 15.6. The maximum Gasteiger partial charge on any atom is 0.319 e. The zero-order valence-electron chi connectivity index (χ0n) is 18.8. The molecule has 0 unspecified atom stereocenters. The van der Waals surface area contributed by atoms with Crippen LogP contribution in [-0.4, -0.2) is 71.7 Å². The lowest BCUT2D eigenvalue weighted by Gasteiger charge is -2.26. The number of benzene rings is 2. The zero-order valence-corrected chi connectivity index (χ0v) is 18.8. The Bertz CT molecular complexity index is 904. The van der Waals surface area contributed by atoms with Crippen molar-refractivity contribution in [1.82, 2.24) is 10.2 Å². The average Bonchev–Trinajstić information content (AvgIpc) is 2.83. The van der Waals surface area contributed by atoms with Gasteiger partial charge in [-0.2, -0.15) is 0 Å². The third-order valence-electron chi connectivity index (χ3n) is 5.13. The molecule has 2 amide bonds. The zero-order chi connectivity index (χ0) is 22.8. The summed E-state index contributed by atoms with van der Waals surface area (Å²) < 4.78 is 21.4. The molecule has 1 heterocycles. The van der Waals surface area contributed by atoms with Gasteiger partial charge in [-0.1, -0.05) is 18.2 Å². The van der Waals surface area contributed by atoms with Gasteiger partial charge in [0.25, 0.3) is 0 Å². The summed E-state index contributed by atoms with van der Waals surface area (Å²) in [6.45, 7) is 4.62. The molecular weight excluding hydrogens is 410 g/mol. The molecule has 2 aromatic carbocycles. The van der Waals surface area contributed by atoms with Crippen LogP contribution in [0.2, 0.25) is 0 Å². The predicted octanol–water partition coefficient (Wildman–Crippen LogP) is 3.34. The number of anilines is 1. The Kier molecular flexibility index (Phi) is 8.77. The Balaban J connectivity index is 1.63. The van der Waals surface area contributed by atoms with Gasteiger partial charge in [-0.25, -0.2) is 4.79 Å². The van der Waals surface area contributed by atoms with Gasteiger partial charge in [-0.05, 0) is 35.4 Å². The number of nitrogens with zero attached hydrogens (tertiary/aromatic N) is 1. The van der Waals surface area contributed by atoms with E-state index >= 15 is 0 Å². The number of urea groups is 1. The van der Waals surface area contributed by atoms with Crippen LogP contribution in [0.3, 0.4) is 0 Å². The molecule has 32 heavy (non-hydrogen) atoms. The second-order valence-corrected chi connectivity index (χ2v) is 7.27. The molecule has 1 saturated heterocycles. The van der Waals surface area contributed by atoms with Crippen LogP contribution in [0.4, 0.5) is 10.5 Å². The molecule has 0 bridgehead atoms. The molecule has 8 nitrogen and oxygen atoms in total. The standard InChI is InChI=1S/C24H31N3O5/c1-29-20-14-19(15-21(17-20)30-2)5-4-18-6-7-23(31-3)22(16-18)26-24(28)25-8-9-27-10-12-32-13-11-27/h4-7,14-17H,8-13H2,1-3H3,(H2,25,26,28). The van der Waals surface area contributed by atoms with Crippen molar-refractivity contribution < 1.29 is 23.7 Å². The third-order valence-corrected chi connectivity index (χ3v) is 5.13. The number of carbonyl (C=O) groups excluding carboxylic acids is 1. The molecule has 0 saturated carbocycles. The number of carbonyl (C=O) groups is 1. The third kappa shape index (κ3) is 6.90. The van der Waals surface area contributed by atoms with Crippen LogP contribution in [0.25, 0.3) is 12.2 Å². The van der Waals surface area contributed by atoms with Gasteiger partial charge in [0, 0.05) is 32.2 Å². The summed E-state index contributed by atoms with van der Waals surface area (Å²) in [6, 6.07) is 11.0. The molecule has 2 aromatic rings. The van der Waals surface area contributed by atoms with Crippen molar-refractivity contribution in [2.45, 2.75) is 0 Å². The van der Waals surface area contributed by atoms with E-state index in [0.29, 0.717) is 18.0 Å². The monoisotopic (exact) mass is 441 g/mol. The van der Waals surface area contributed by atoms with E-state index in [9.17, 15) is 4.79 Å². The quantitative estimate of drug-likeness (QED) is 0.581. The van der Waals surface area contributed by atoms with Gasteiger partial charge in [0.1, 0.15) is 17.2 Å². The van der Waals surface area contributed by atoms with Gasteiger partial charge in [-0.15, -0.1) is 0 Å². The van der Waals surface area contributed by atoms with Crippen LogP contribution in [0.5, 0.6) is 17.2 Å². The van der Waals surface area contributed by atoms with Crippen LogP contribution in [0.15, 0.2) is 36.4 Å². The summed E-state index contributed by atoms with van der Waals surface area (Å²) >= 11 is 0. The van der Waals surface area contributed by atoms with Crippen molar-refractivity contribution in [3.63, 3.8) is 0 Å². The summed E-state index contributed by atoms with van der Waals surface area (Å²) in [7, 11) is 4.82. The van der Waals surface area contributed by atoms with Crippen molar-refractivity contribution in [1.29, 1.82) is 0 Å². The Hall–Kier alpha value is -3.23. The minimum atomic E-state index is -0.268. The number of hydrogen-bond donors (Lipinski definition) is 2. The highest BCUT2D eigenvalue weighted by Gasteiger charge is 2.11. The van der Waals surface area contributed by atoms with E-state index in [1.807, 2.05) is 48.6 Å². The fourth-order valence-electron chi connectivity index (χ4n) is 3.36.